The number of carboxylic acid groups (broad SMARTS) is 1. The van der Waals surface area contributed by atoms with E-state index >= 15 is 0 Å². The zero-order chi connectivity index (χ0) is 12.4. The van der Waals surface area contributed by atoms with Crippen molar-refractivity contribution < 1.29 is 19.4 Å². The number of hydrogen-bond acceptors (Lipinski definition) is 4. The lowest BCUT2D eigenvalue weighted by molar-refractivity contribution is -0.137. The summed E-state index contributed by atoms with van der Waals surface area (Å²) in [7, 11) is 0. The lowest BCUT2D eigenvalue weighted by Crippen LogP contribution is -2.41. The molecule has 0 fully saturated rings. The molecule has 0 aromatic heterocycles. The first-order chi connectivity index (χ1) is 7.57. The molecule has 1 unspecified atom stereocenters. The van der Waals surface area contributed by atoms with Gasteiger partial charge < -0.3 is 20.9 Å². The molecular weight excluding hydrogens is 212 g/mol. The number of nitrogens with two attached hydrogens (primary N) is 1. The van der Waals surface area contributed by atoms with Gasteiger partial charge in [0.1, 0.15) is 0 Å². The van der Waals surface area contributed by atoms with E-state index in [2.05, 4.69) is 11.9 Å². The highest BCUT2D eigenvalue weighted by atomic mass is 16.5. The van der Waals surface area contributed by atoms with Crippen LogP contribution < -0.4 is 11.1 Å². The lowest BCUT2D eigenvalue weighted by atomic mass is 10.1. The summed E-state index contributed by atoms with van der Waals surface area (Å²) in [5.74, 6) is -1.29. The normalized spacial score (nSPS) is 11.6. The largest absolute Gasteiger partial charge is 0.502 e. The van der Waals surface area contributed by atoms with Gasteiger partial charge >= 0.3 is 5.97 Å². The minimum absolute atomic E-state index is 0.103. The fourth-order valence-corrected chi connectivity index (χ4v) is 0.992. The van der Waals surface area contributed by atoms with Gasteiger partial charge in [0.15, 0.2) is 0 Å². The standard InChI is InChI=1S/C10H18N2O4/c1-2-16-7-3-6-12-10(15)8(11)4-5-9(13)14/h2,8H,1,3-7,11H2,(H,12,15)(H,13,14). The second-order valence-corrected chi connectivity index (χ2v) is 3.22. The van der Waals surface area contributed by atoms with Crippen LogP contribution in [0.25, 0.3) is 0 Å². The van der Waals surface area contributed by atoms with Crippen LogP contribution in [0.5, 0.6) is 0 Å². The molecule has 0 rings (SSSR count). The van der Waals surface area contributed by atoms with Crippen LogP contribution in [0, 0.1) is 0 Å². The Balaban J connectivity index is 3.54. The molecule has 0 aliphatic heterocycles. The van der Waals surface area contributed by atoms with Crippen LogP contribution in [-0.2, 0) is 14.3 Å². The molecule has 92 valence electrons. The van der Waals surface area contributed by atoms with Crippen molar-refractivity contribution in [3.63, 3.8) is 0 Å². The minimum atomic E-state index is -0.956. The summed E-state index contributed by atoms with van der Waals surface area (Å²) in [6, 6.07) is -0.767. The molecule has 0 bridgehead atoms. The quantitative estimate of drug-likeness (QED) is 0.377. The van der Waals surface area contributed by atoms with E-state index in [-0.39, 0.29) is 18.7 Å². The Hall–Kier alpha value is -1.56. The van der Waals surface area contributed by atoms with Crippen molar-refractivity contribution in [2.75, 3.05) is 13.2 Å². The zero-order valence-electron chi connectivity index (χ0n) is 9.15. The monoisotopic (exact) mass is 230 g/mol. The highest BCUT2D eigenvalue weighted by Crippen LogP contribution is 1.94. The number of ether oxygens (including phenoxy) is 1. The Morgan fingerprint density at radius 3 is 2.81 bits per heavy atom. The molecule has 1 atom stereocenters. The maximum atomic E-state index is 11.3. The predicted molar refractivity (Wildman–Crippen MR) is 58.6 cm³/mol. The Kier molecular flexibility index (Phi) is 7.87. The van der Waals surface area contributed by atoms with Crippen LogP contribution in [0.15, 0.2) is 12.8 Å². The molecule has 1 amide bonds. The SMILES string of the molecule is C=COCCCNC(=O)C(N)CCC(=O)O. The summed E-state index contributed by atoms with van der Waals surface area (Å²) in [6.07, 6.45) is 2.03. The second-order valence-electron chi connectivity index (χ2n) is 3.22. The maximum Gasteiger partial charge on any atom is 0.303 e. The number of nitrogens with one attached hydrogen (secondary N) is 1. The highest BCUT2D eigenvalue weighted by Gasteiger charge is 2.13. The van der Waals surface area contributed by atoms with Gasteiger partial charge in [-0.15, -0.1) is 0 Å². The Morgan fingerprint density at radius 1 is 1.56 bits per heavy atom. The van der Waals surface area contributed by atoms with Crippen molar-refractivity contribution in [3.05, 3.63) is 12.8 Å². The third-order valence-corrected chi connectivity index (χ3v) is 1.86. The number of carboxylic acids is 1. The van der Waals surface area contributed by atoms with Gasteiger partial charge in [-0.3, -0.25) is 9.59 Å². The molecule has 0 heterocycles. The van der Waals surface area contributed by atoms with E-state index in [1.165, 1.54) is 6.26 Å². The molecule has 4 N–H and O–H groups in total. The van der Waals surface area contributed by atoms with E-state index < -0.39 is 12.0 Å². The summed E-state index contributed by atoms with van der Waals surface area (Å²) < 4.78 is 4.86. The smallest absolute Gasteiger partial charge is 0.303 e. The third-order valence-electron chi connectivity index (χ3n) is 1.86. The van der Waals surface area contributed by atoms with E-state index in [0.717, 1.165) is 0 Å². The first-order valence-electron chi connectivity index (χ1n) is 5.05. The Bertz CT molecular complexity index is 243. The Morgan fingerprint density at radius 2 is 2.25 bits per heavy atom. The molecule has 0 saturated heterocycles. The van der Waals surface area contributed by atoms with Crippen molar-refractivity contribution in [2.45, 2.75) is 25.3 Å². The first kappa shape index (κ1) is 14.4. The van der Waals surface area contributed by atoms with Gasteiger partial charge in [0.25, 0.3) is 0 Å². The summed E-state index contributed by atoms with van der Waals surface area (Å²) in [4.78, 5) is 21.5. The molecular formula is C10H18N2O4. The van der Waals surface area contributed by atoms with Crippen LogP contribution >= 0.6 is 0 Å². The number of carbonyl (C=O) groups excluding carboxylic acids is 1. The van der Waals surface area contributed by atoms with E-state index in [1.54, 1.807) is 0 Å². The average molecular weight is 230 g/mol. The van der Waals surface area contributed by atoms with Crippen LogP contribution in [0.4, 0.5) is 0 Å². The maximum absolute atomic E-state index is 11.3. The van der Waals surface area contributed by atoms with E-state index in [1.807, 2.05) is 0 Å². The molecule has 6 heteroatoms. The minimum Gasteiger partial charge on any atom is -0.502 e. The fourth-order valence-electron chi connectivity index (χ4n) is 0.992. The summed E-state index contributed by atoms with van der Waals surface area (Å²) in [5, 5.41) is 11.0. The fraction of sp³-hybridized carbons (Fsp3) is 0.600. The second kappa shape index (κ2) is 8.72. The van der Waals surface area contributed by atoms with Gasteiger partial charge in [0.2, 0.25) is 5.91 Å². The van der Waals surface area contributed by atoms with Crippen molar-refractivity contribution in [2.24, 2.45) is 5.73 Å². The Labute approximate surface area is 94.5 Å². The van der Waals surface area contributed by atoms with Gasteiger partial charge in [-0.05, 0) is 12.8 Å². The zero-order valence-corrected chi connectivity index (χ0v) is 9.15. The number of rotatable bonds is 9. The number of carbonyl (C=O) groups is 2. The van der Waals surface area contributed by atoms with Gasteiger partial charge in [-0.25, -0.2) is 0 Å². The average Bonchev–Trinajstić information content (AvgIpc) is 2.25. The van der Waals surface area contributed by atoms with Crippen LogP contribution in [0.3, 0.4) is 0 Å². The summed E-state index contributed by atoms with van der Waals surface area (Å²) >= 11 is 0. The number of aliphatic carboxylic acids is 1. The van der Waals surface area contributed by atoms with Crippen molar-refractivity contribution in [1.82, 2.24) is 5.32 Å². The van der Waals surface area contributed by atoms with Crippen molar-refractivity contribution >= 4 is 11.9 Å². The molecule has 0 spiro atoms. The summed E-state index contributed by atoms with van der Waals surface area (Å²) in [6.45, 7) is 4.31. The van der Waals surface area contributed by atoms with E-state index in [4.69, 9.17) is 15.6 Å². The summed E-state index contributed by atoms with van der Waals surface area (Å²) in [5.41, 5.74) is 5.48. The molecule has 16 heavy (non-hydrogen) atoms. The molecule has 0 aromatic carbocycles. The predicted octanol–water partition coefficient (Wildman–Crippen LogP) is -0.155. The number of hydrogen-bond donors (Lipinski definition) is 3. The van der Waals surface area contributed by atoms with E-state index in [9.17, 15) is 9.59 Å². The van der Waals surface area contributed by atoms with Gasteiger partial charge in [-0.1, -0.05) is 6.58 Å². The third kappa shape index (κ3) is 7.81. The first-order valence-corrected chi connectivity index (χ1v) is 5.05. The van der Waals surface area contributed by atoms with Gasteiger partial charge in [-0.2, -0.15) is 0 Å². The van der Waals surface area contributed by atoms with Gasteiger partial charge in [0.05, 0.1) is 18.9 Å². The van der Waals surface area contributed by atoms with E-state index in [0.29, 0.717) is 19.6 Å². The highest BCUT2D eigenvalue weighted by molar-refractivity contribution is 5.82. The van der Waals surface area contributed by atoms with Crippen molar-refractivity contribution in [1.29, 1.82) is 0 Å². The van der Waals surface area contributed by atoms with Crippen LogP contribution in [0.2, 0.25) is 0 Å². The topological polar surface area (TPSA) is 102 Å². The molecule has 0 aliphatic carbocycles. The molecule has 0 saturated carbocycles. The molecule has 0 aliphatic rings. The van der Waals surface area contributed by atoms with Gasteiger partial charge in [0, 0.05) is 13.0 Å². The number of amides is 1. The lowest BCUT2D eigenvalue weighted by Gasteiger charge is -2.10. The van der Waals surface area contributed by atoms with Crippen molar-refractivity contribution in [3.8, 4) is 0 Å². The molecule has 0 radical (unpaired) electrons. The van der Waals surface area contributed by atoms with Crippen LogP contribution in [0.1, 0.15) is 19.3 Å². The molecule has 0 aromatic rings. The van der Waals surface area contributed by atoms with Crippen LogP contribution in [-0.4, -0.2) is 36.2 Å². The molecule has 6 nitrogen and oxygen atoms in total.